The monoisotopic (exact) mass is 395 g/mol. The van der Waals surface area contributed by atoms with Crippen LogP contribution in [-0.4, -0.2) is 20.1 Å². The molecule has 100 valence electrons. The van der Waals surface area contributed by atoms with Crippen molar-refractivity contribution in [2.45, 2.75) is 0 Å². The highest BCUT2D eigenvalue weighted by atomic mass is 79.9. The van der Waals surface area contributed by atoms with E-state index in [1.807, 2.05) is 6.07 Å². The van der Waals surface area contributed by atoms with Gasteiger partial charge in [0.15, 0.2) is 5.82 Å². The molecule has 20 heavy (non-hydrogen) atoms. The molecule has 0 bridgehead atoms. The molecule has 0 radical (unpaired) electrons. The SMILES string of the molecule is O=c1[nH]c(-c2cc(Br)c(O)cn2)nc2c(Br)cccc12. The maximum Gasteiger partial charge on any atom is 0.259 e. The molecule has 1 aromatic carbocycles. The number of H-pyrrole nitrogens is 1. The molecule has 5 nitrogen and oxygen atoms in total. The van der Waals surface area contributed by atoms with E-state index in [-0.39, 0.29) is 11.3 Å². The van der Waals surface area contributed by atoms with E-state index in [1.54, 1.807) is 18.2 Å². The van der Waals surface area contributed by atoms with Crippen LogP contribution in [0.1, 0.15) is 0 Å². The van der Waals surface area contributed by atoms with Gasteiger partial charge in [0.2, 0.25) is 0 Å². The van der Waals surface area contributed by atoms with Crippen molar-refractivity contribution < 1.29 is 5.11 Å². The zero-order valence-electron chi connectivity index (χ0n) is 9.89. The van der Waals surface area contributed by atoms with Crippen LogP contribution in [0, 0.1) is 0 Å². The van der Waals surface area contributed by atoms with Crippen molar-refractivity contribution in [3.05, 3.63) is 49.8 Å². The summed E-state index contributed by atoms with van der Waals surface area (Å²) in [7, 11) is 0. The van der Waals surface area contributed by atoms with Gasteiger partial charge in [0.1, 0.15) is 11.4 Å². The Kier molecular flexibility index (Phi) is 3.31. The molecule has 7 heteroatoms. The molecular formula is C13H7Br2N3O2. The molecule has 0 fully saturated rings. The van der Waals surface area contributed by atoms with Gasteiger partial charge in [-0.1, -0.05) is 6.07 Å². The van der Waals surface area contributed by atoms with E-state index in [0.717, 1.165) is 4.47 Å². The molecule has 2 N–H and O–H groups in total. The number of hydrogen-bond acceptors (Lipinski definition) is 4. The third-order valence-corrected chi connectivity index (χ3v) is 4.04. The number of nitrogens with one attached hydrogen (secondary N) is 1. The van der Waals surface area contributed by atoms with Crippen molar-refractivity contribution >= 4 is 42.8 Å². The molecule has 0 aliphatic heterocycles. The number of hydrogen-bond donors (Lipinski definition) is 2. The van der Waals surface area contributed by atoms with Gasteiger partial charge in [-0.15, -0.1) is 0 Å². The van der Waals surface area contributed by atoms with Gasteiger partial charge < -0.3 is 10.1 Å². The molecule has 0 spiro atoms. The Bertz CT molecular complexity index is 877. The summed E-state index contributed by atoms with van der Waals surface area (Å²) in [6.07, 6.45) is 1.30. The number of fused-ring (bicyclic) bond motifs is 1. The van der Waals surface area contributed by atoms with Crippen LogP contribution in [0.2, 0.25) is 0 Å². The maximum absolute atomic E-state index is 12.1. The smallest absolute Gasteiger partial charge is 0.259 e. The number of halogens is 2. The van der Waals surface area contributed by atoms with Gasteiger partial charge in [0, 0.05) is 4.47 Å². The van der Waals surface area contributed by atoms with E-state index in [2.05, 4.69) is 46.8 Å². The summed E-state index contributed by atoms with van der Waals surface area (Å²) in [5.74, 6) is 0.369. The normalized spacial score (nSPS) is 10.9. The summed E-state index contributed by atoms with van der Waals surface area (Å²) in [4.78, 5) is 23.2. The summed E-state index contributed by atoms with van der Waals surface area (Å²) in [5.41, 5.74) is 0.791. The first kappa shape index (κ1) is 13.3. The Labute approximate surface area is 130 Å². The highest BCUT2D eigenvalue weighted by Crippen LogP contribution is 2.27. The molecular weight excluding hydrogens is 390 g/mol. The van der Waals surface area contributed by atoms with E-state index in [1.165, 1.54) is 6.20 Å². The Morgan fingerprint density at radius 1 is 1.20 bits per heavy atom. The highest BCUT2D eigenvalue weighted by molar-refractivity contribution is 9.11. The van der Waals surface area contributed by atoms with Gasteiger partial charge in [0.25, 0.3) is 5.56 Å². The summed E-state index contributed by atoms with van der Waals surface area (Å²) < 4.78 is 1.22. The molecule has 0 atom stereocenters. The van der Waals surface area contributed by atoms with Crippen LogP contribution in [-0.2, 0) is 0 Å². The van der Waals surface area contributed by atoms with Crippen LogP contribution in [0.15, 0.2) is 44.2 Å². The molecule has 0 aliphatic rings. The van der Waals surface area contributed by atoms with Crippen molar-refractivity contribution in [2.24, 2.45) is 0 Å². The van der Waals surface area contributed by atoms with Crippen molar-refractivity contribution in [1.82, 2.24) is 15.0 Å². The van der Waals surface area contributed by atoms with Crippen LogP contribution in [0.3, 0.4) is 0 Å². The third-order valence-electron chi connectivity index (χ3n) is 2.76. The number of aromatic amines is 1. The van der Waals surface area contributed by atoms with Crippen molar-refractivity contribution in [2.75, 3.05) is 0 Å². The summed E-state index contributed by atoms with van der Waals surface area (Å²) in [6.45, 7) is 0. The maximum atomic E-state index is 12.1. The molecule has 0 saturated heterocycles. The second-order valence-corrected chi connectivity index (χ2v) is 5.78. The van der Waals surface area contributed by atoms with Crippen LogP contribution >= 0.6 is 31.9 Å². The van der Waals surface area contributed by atoms with E-state index >= 15 is 0 Å². The van der Waals surface area contributed by atoms with Crippen LogP contribution in [0.4, 0.5) is 0 Å². The zero-order chi connectivity index (χ0) is 14.3. The Morgan fingerprint density at radius 2 is 2.00 bits per heavy atom. The van der Waals surface area contributed by atoms with E-state index in [0.29, 0.717) is 26.9 Å². The Morgan fingerprint density at radius 3 is 2.75 bits per heavy atom. The van der Waals surface area contributed by atoms with Gasteiger partial charge in [-0.2, -0.15) is 0 Å². The number of rotatable bonds is 1. The lowest BCUT2D eigenvalue weighted by molar-refractivity contribution is 0.469. The second-order valence-electron chi connectivity index (χ2n) is 4.07. The van der Waals surface area contributed by atoms with Gasteiger partial charge in [-0.3, -0.25) is 4.79 Å². The lowest BCUT2D eigenvalue weighted by atomic mass is 10.2. The van der Waals surface area contributed by atoms with E-state index < -0.39 is 0 Å². The minimum absolute atomic E-state index is 0.0260. The first-order valence-corrected chi connectivity index (χ1v) is 7.18. The number of benzene rings is 1. The topological polar surface area (TPSA) is 78.9 Å². The molecule has 3 rings (SSSR count). The van der Waals surface area contributed by atoms with Crippen molar-refractivity contribution in [1.29, 1.82) is 0 Å². The first-order valence-electron chi connectivity index (χ1n) is 5.59. The fourth-order valence-electron chi connectivity index (χ4n) is 1.80. The molecule has 0 unspecified atom stereocenters. The van der Waals surface area contributed by atoms with Gasteiger partial charge in [0.05, 0.1) is 21.6 Å². The van der Waals surface area contributed by atoms with Gasteiger partial charge >= 0.3 is 0 Å². The molecule has 0 amide bonds. The standard InChI is InChI=1S/C13H7Br2N3O2/c14-7-3-1-2-6-11(7)17-12(18-13(6)20)9-4-8(15)10(19)5-16-9/h1-5,19H,(H,17,18,20). The predicted octanol–water partition coefficient (Wildman–Crippen LogP) is 3.22. The van der Waals surface area contributed by atoms with Crippen LogP contribution < -0.4 is 5.56 Å². The summed E-state index contributed by atoms with van der Waals surface area (Å²) in [6, 6.07) is 6.89. The fraction of sp³-hybridized carbons (Fsp3) is 0. The van der Waals surface area contributed by atoms with Crippen molar-refractivity contribution in [3.8, 4) is 17.3 Å². The van der Waals surface area contributed by atoms with Crippen LogP contribution in [0.25, 0.3) is 22.4 Å². The molecule has 0 aliphatic carbocycles. The lowest BCUT2D eigenvalue weighted by Crippen LogP contribution is -2.10. The second kappa shape index (κ2) is 4.99. The molecule has 2 heterocycles. The van der Waals surface area contributed by atoms with E-state index in [4.69, 9.17) is 0 Å². The van der Waals surface area contributed by atoms with E-state index in [9.17, 15) is 9.90 Å². The first-order chi connectivity index (χ1) is 9.56. The number of aromatic hydroxyl groups is 1. The Balaban J connectivity index is 2.29. The largest absolute Gasteiger partial charge is 0.505 e. The Hall–Kier alpha value is -1.73. The average Bonchev–Trinajstić information content (AvgIpc) is 2.43. The summed E-state index contributed by atoms with van der Waals surface area (Å²) in [5, 5.41) is 9.95. The highest BCUT2D eigenvalue weighted by Gasteiger charge is 2.10. The quantitative estimate of drug-likeness (QED) is 0.661. The number of nitrogens with zero attached hydrogens (tertiary/aromatic N) is 2. The molecule has 0 saturated carbocycles. The number of aromatic nitrogens is 3. The zero-order valence-corrected chi connectivity index (χ0v) is 13.1. The van der Waals surface area contributed by atoms with Crippen molar-refractivity contribution in [3.63, 3.8) is 0 Å². The van der Waals surface area contributed by atoms with Gasteiger partial charge in [-0.05, 0) is 50.1 Å². The van der Waals surface area contributed by atoms with Crippen LogP contribution in [0.5, 0.6) is 5.75 Å². The lowest BCUT2D eigenvalue weighted by Gasteiger charge is -2.05. The predicted molar refractivity (Wildman–Crippen MR) is 82.7 cm³/mol. The molecule has 3 aromatic rings. The third kappa shape index (κ3) is 2.23. The minimum Gasteiger partial charge on any atom is -0.505 e. The van der Waals surface area contributed by atoms with Gasteiger partial charge in [-0.25, -0.2) is 9.97 Å². The summed E-state index contributed by atoms with van der Waals surface area (Å²) >= 11 is 6.59. The number of pyridine rings is 1. The number of para-hydroxylation sites is 1. The fourth-order valence-corrected chi connectivity index (χ4v) is 2.58. The average molecular weight is 397 g/mol. The molecule has 2 aromatic heterocycles. The minimum atomic E-state index is -0.239.